The average molecular weight is 485 g/mol. The minimum atomic E-state index is -4.10. The minimum absolute atomic E-state index is 0. The summed E-state index contributed by atoms with van der Waals surface area (Å²) in [5.74, 6) is 0.833. The van der Waals surface area contributed by atoms with Gasteiger partial charge in [-0.3, -0.25) is 14.9 Å². The van der Waals surface area contributed by atoms with E-state index >= 15 is 0 Å². The molecule has 1 aromatic rings. The monoisotopic (exact) mass is 485 g/mol. The van der Waals surface area contributed by atoms with Gasteiger partial charge in [0.2, 0.25) is 0 Å². The van der Waals surface area contributed by atoms with Crippen molar-refractivity contribution in [3.05, 3.63) is 30.1 Å². The van der Waals surface area contributed by atoms with Crippen molar-refractivity contribution in [2.45, 2.75) is 31.9 Å². The highest BCUT2D eigenvalue weighted by Crippen LogP contribution is 2.24. The van der Waals surface area contributed by atoms with Gasteiger partial charge in [0.25, 0.3) is 0 Å². The van der Waals surface area contributed by atoms with Crippen molar-refractivity contribution < 1.29 is 13.2 Å². The van der Waals surface area contributed by atoms with E-state index in [-0.39, 0.29) is 24.0 Å². The van der Waals surface area contributed by atoms with Gasteiger partial charge in [0.05, 0.1) is 6.54 Å². The van der Waals surface area contributed by atoms with Crippen LogP contribution in [0, 0.1) is 5.92 Å². The van der Waals surface area contributed by atoms with Gasteiger partial charge in [-0.2, -0.15) is 13.2 Å². The molecule has 0 aliphatic carbocycles. The molecule has 0 amide bonds. The smallest absolute Gasteiger partial charge is 0.370 e. The van der Waals surface area contributed by atoms with Gasteiger partial charge in [0.15, 0.2) is 5.96 Å². The number of rotatable bonds is 7. The van der Waals surface area contributed by atoms with Crippen molar-refractivity contribution in [1.82, 2.24) is 15.2 Å². The third kappa shape index (κ3) is 9.56. The summed E-state index contributed by atoms with van der Waals surface area (Å²) in [4.78, 5) is 10.0. The SMILES string of the molecule is I.NC(=NCCC1CCN(CC(F)(F)F)CC1)NCCc1ccccn1. The van der Waals surface area contributed by atoms with Crippen LogP contribution in [-0.2, 0) is 6.42 Å². The zero-order chi connectivity index (χ0) is 18.1. The first-order chi connectivity index (χ1) is 11.9. The average Bonchev–Trinajstić information content (AvgIpc) is 2.56. The lowest BCUT2D eigenvalue weighted by molar-refractivity contribution is -0.148. The molecule has 0 bridgehead atoms. The number of nitrogens with two attached hydrogens (primary N) is 1. The van der Waals surface area contributed by atoms with Gasteiger partial charge < -0.3 is 11.1 Å². The summed E-state index contributed by atoms with van der Waals surface area (Å²) in [6, 6.07) is 5.78. The predicted octanol–water partition coefficient (Wildman–Crippen LogP) is 2.81. The molecule has 0 aromatic carbocycles. The number of aliphatic imine (C=N–C) groups is 1. The van der Waals surface area contributed by atoms with Gasteiger partial charge in [-0.25, -0.2) is 0 Å². The predicted molar refractivity (Wildman–Crippen MR) is 108 cm³/mol. The van der Waals surface area contributed by atoms with E-state index in [0.717, 1.165) is 31.4 Å². The van der Waals surface area contributed by atoms with Gasteiger partial charge in [-0.15, -0.1) is 24.0 Å². The molecule has 2 rings (SSSR count). The van der Waals surface area contributed by atoms with E-state index in [0.29, 0.717) is 38.1 Å². The Kier molecular flexibility index (Phi) is 10.2. The van der Waals surface area contributed by atoms with Crippen LogP contribution in [0.3, 0.4) is 0 Å². The molecule has 0 spiro atoms. The second-order valence-electron chi connectivity index (χ2n) is 6.39. The molecule has 1 aliphatic heterocycles. The summed E-state index contributed by atoms with van der Waals surface area (Å²) >= 11 is 0. The van der Waals surface area contributed by atoms with Crippen molar-refractivity contribution >= 4 is 29.9 Å². The zero-order valence-electron chi connectivity index (χ0n) is 14.7. The highest BCUT2D eigenvalue weighted by atomic mass is 127. The van der Waals surface area contributed by atoms with E-state index in [4.69, 9.17) is 5.73 Å². The quantitative estimate of drug-likeness (QED) is 0.354. The molecule has 1 aromatic heterocycles. The first kappa shape index (κ1) is 22.9. The van der Waals surface area contributed by atoms with E-state index in [1.807, 2.05) is 18.2 Å². The maximum absolute atomic E-state index is 12.4. The van der Waals surface area contributed by atoms with Gasteiger partial charge in [0, 0.05) is 31.4 Å². The van der Waals surface area contributed by atoms with Crippen molar-refractivity contribution in [3.63, 3.8) is 0 Å². The number of nitrogens with one attached hydrogen (secondary N) is 1. The molecule has 0 unspecified atom stereocenters. The fourth-order valence-corrected chi connectivity index (χ4v) is 2.97. The Morgan fingerprint density at radius 2 is 2.04 bits per heavy atom. The number of alkyl halides is 3. The first-order valence-corrected chi connectivity index (χ1v) is 8.65. The van der Waals surface area contributed by atoms with Gasteiger partial charge >= 0.3 is 6.18 Å². The van der Waals surface area contributed by atoms with Crippen molar-refractivity contribution in [1.29, 1.82) is 0 Å². The summed E-state index contributed by atoms with van der Waals surface area (Å²) in [6.07, 6.45) is 0.869. The van der Waals surface area contributed by atoms with E-state index in [1.165, 1.54) is 4.90 Å². The molecule has 0 saturated carbocycles. The number of likely N-dealkylation sites (tertiary alicyclic amines) is 1. The number of pyridine rings is 1. The standard InChI is InChI=1S/C17H26F3N5.HI/c18-17(19,20)13-25-11-6-14(7-12-25)4-9-23-16(21)24-10-5-15-3-1-2-8-22-15;/h1-3,8,14H,4-7,9-13H2,(H3,21,23,24);1H. The normalized spacial score (nSPS) is 17.0. The zero-order valence-corrected chi connectivity index (χ0v) is 17.0. The minimum Gasteiger partial charge on any atom is -0.370 e. The number of guanidine groups is 1. The van der Waals surface area contributed by atoms with E-state index < -0.39 is 12.7 Å². The molecule has 2 heterocycles. The Morgan fingerprint density at radius 3 is 2.65 bits per heavy atom. The van der Waals surface area contributed by atoms with Gasteiger partial charge in [-0.1, -0.05) is 6.07 Å². The van der Waals surface area contributed by atoms with Crippen molar-refractivity contribution in [2.24, 2.45) is 16.6 Å². The summed E-state index contributed by atoms with van der Waals surface area (Å²) in [5.41, 5.74) is 6.82. The van der Waals surface area contributed by atoms with Crippen LogP contribution in [0.5, 0.6) is 0 Å². The second-order valence-corrected chi connectivity index (χ2v) is 6.39. The van der Waals surface area contributed by atoms with Crippen LogP contribution in [-0.4, -0.2) is 54.7 Å². The third-order valence-corrected chi connectivity index (χ3v) is 4.34. The summed E-state index contributed by atoms with van der Waals surface area (Å²) in [6.45, 7) is 1.48. The number of hydrogen-bond acceptors (Lipinski definition) is 3. The maximum Gasteiger partial charge on any atom is 0.401 e. The van der Waals surface area contributed by atoms with Gasteiger partial charge in [0.1, 0.15) is 0 Å². The van der Waals surface area contributed by atoms with Crippen LogP contribution in [0.25, 0.3) is 0 Å². The molecular formula is C17H27F3IN5. The Labute approximate surface area is 169 Å². The number of piperidine rings is 1. The topological polar surface area (TPSA) is 66.5 Å². The van der Waals surface area contributed by atoms with Crippen molar-refractivity contribution in [2.75, 3.05) is 32.7 Å². The Morgan fingerprint density at radius 1 is 1.31 bits per heavy atom. The van der Waals surface area contributed by atoms with Crippen LogP contribution in [0.4, 0.5) is 13.2 Å². The summed E-state index contributed by atoms with van der Waals surface area (Å²) < 4.78 is 37.1. The fraction of sp³-hybridized carbons (Fsp3) is 0.647. The molecule has 1 aliphatic rings. The maximum atomic E-state index is 12.4. The lowest BCUT2D eigenvalue weighted by Gasteiger charge is -2.32. The van der Waals surface area contributed by atoms with Crippen LogP contribution < -0.4 is 11.1 Å². The van der Waals surface area contributed by atoms with Crippen LogP contribution in [0.15, 0.2) is 29.4 Å². The number of aromatic nitrogens is 1. The van der Waals surface area contributed by atoms with Crippen molar-refractivity contribution in [3.8, 4) is 0 Å². The highest BCUT2D eigenvalue weighted by Gasteiger charge is 2.32. The lowest BCUT2D eigenvalue weighted by Crippen LogP contribution is -2.40. The van der Waals surface area contributed by atoms with Crippen LogP contribution in [0.2, 0.25) is 0 Å². The molecule has 0 radical (unpaired) electrons. The van der Waals surface area contributed by atoms with E-state index in [2.05, 4.69) is 15.3 Å². The third-order valence-electron chi connectivity index (χ3n) is 4.34. The van der Waals surface area contributed by atoms with Crippen LogP contribution in [0.1, 0.15) is 25.0 Å². The molecule has 9 heteroatoms. The molecule has 0 atom stereocenters. The van der Waals surface area contributed by atoms with E-state index in [1.54, 1.807) is 6.20 Å². The number of hydrogen-bond donors (Lipinski definition) is 2. The van der Waals surface area contributed by atoms with E-state index in [9.17, 15) is 13.2 Å². The molecule has 26 heavy (non-hydrogen) atoms. The molecule has 5 nitrogen and oxygen atoms in total. The largest absolute Gasteiger partial charge is 0.401 e. The fourth-order valence-electron chi connectivity index (χ4n) is 2.97. The molecule has 148 valence electrons. The Hall–Kier alpha value is -1.10. The molecule has 1 saturated heterocycles. The lowest BCUT2D eigenvalue weighted by atomic mass is 9.93. The molecular weight excluding hydrogens is 458 g/mol. The van der Waals surface area contributed by atoms with Crippen LogP contribution >= 0.6 is 24.0 Å². The summed E-state index contributed by atoms with van der Waals surface area (Å²) in [7, 11) is 0. The highest BCUT2D eigenvalue weighted by molar-refractivity contribution is 14.0. The second kappa shape index (κ2) is 11.6. The molecule has 1 fully saturated rings. The summed E-state index contributed by atoms with van der Waals surface area (Å²) in [5, 5.41) is 3.06. The Bertz CT molecular complexity index is 531. The molecule has 3 N–H and O–H groups in total. The van der Waals surface area contributed by atoms with Gasteiger partial charge in [-0.05, 0) is 50.4 Å². The Balaban J connectivity index is 0.00000338. The first-order valence-electron chi connectivity index (χ1n) is 8.65. The number of halogens is 4. The number of nitrogens with zero attached hydrogens (tertiary/aromatic N) is 3.